The summed E-state index contributed by atoms with van der Waals surface area (Å²) in [6.45, 7) is 20.0. The quantitative estimate of drug-likeness (QED) is 0.102. The molecule has 13 heteroatoms. The Labute approximate surface area is 255 Å². The fraction of sp³-hybridized carbons (Fsp3) is 0.690. The Bertz CT molecular complexity index is 1180. The number of sulfonamides is 1. The predicted molar refractivity (Wildman–Crippen MR) is 171 cm³/mol. The van der Waals surface area contributed by atoms with E-state index in [1.807, 2.05) is 47.7 Å². The highest BCUT2D eigenvalue weighted by Crippen LogP contribution is 2.41. The van der Waals surface area contributed by atoms with E-state index < -0.39 is 49.9 Å². The van der Waals surface area contributed by atoms with Gasteiger partial charge < -0.3 is 18.3 Å². The van der Waals surface area contributed by atoms with Gasteiger partial charge in [0.2, 0.25) is 5.60 Å². The Morgan fingerprint density at radius 1 is 0.976 bits per heavy atom. The molecule has 240 valence electrons. The number of nitrogens with one attached hydrogen (secondary N) is 1. The minimum Gasteiger partial charge on any atom is -0.467 e. The van der Waals surface area contributed by atoms with Crippen LogP contribution < -0.4 is 4.83 Å². The van der Waals surface area contributed by atoms with Gasteiger partial charge in [0, 0.05) is 6.10 Å². The maximum atomic E-state index is 13.8. The van der Waals surface area contributed by atoms with Crippen LogP contribution in [0.3, 0.4) is 0 Å². The summed E-state index contributed by atoms with van der Waals surface area (Å²) in [5, 5.41) is 3.66. The number of aryl methyl sites for hydroxylation is 1. The molecule has 0 aliphatic heterocycles. The molecule has 1 N–H and O–H groups in total. The van der Waals surface area contributed by atoms with Gasteiger partial charge in [-0.2, -0.15) is 18.4 Å². The SMILES string of the molecule is CC[Si](CC)(CC)OC(C)CCC(O[Si](C)(C)C(C)(C)C)(C(=O)OC)/C(=N/NS(=O)(=O)c1ccc(C)cc1)C(=O)OC. The summed E-state index contributed by atoms with van der Waals surface area (Å²) in [5.41, 5.74) is -1.72. The van der Waals surface area contributed by atoms with Crippen molar-refractivity contribution in [3.8, 4) is 0 Å². The van der Waals surface area contributed by atoms with E-state index in [2.05, 4.69) is 30.7 Å². The van der Waals surface area contributed by atoms with Crippen LogP contribution in [0.5, 0.6) is 0 Å². The fourth-order valence-corrected chi connectivity index (χ4v) is 9.62. The Kier molecular flexibility index (Phi) is 13.6. The van der Waals surface area contributed by atoms with Crippen LogP contribution in [0, 0.1) is 6.92 Å². The Morgan fingerprint density at radius 2 is 1.50 bits per heavy atom. The zero-order valence-electron chi connectivity index (χ0n) is 27.5. The van der Waals surface area contributed by atoms with Crippen LogP contribution in [-0.4, -0.2) is 68.6 Å². The van der Waals surface area contributed by atoms with Crippen molar-refractivity contribution in [2.45, 2.75) is 121 Å². The van der Waals surface area contributed by atoms with Gasteiger partial charge in [-0.3, -0.25) is 0 Å². The summed E-state index contributed by atoms with van der Waals surface area (Å²) in [6, 6.07) is 8.98. The third-order valence-corrected chi connectivity index (χ3v) is 18.9. The number of hydrogen-bond donors (Lipinski definition) is 1. The minimum absolute atomic E-state index is 0.0465. The molecule has 1 aromatic rings. The molecule has 1 aromatic carbocycles. The summed E-state index contributed by atoms with van der Waals surface area (Å²) in [5.74, 6) is -1.89. The lowest BCUT2D eigenvalue weighted by Gasteiger charge is -2.44. The predicted octanol–water partition coefficient (Wildman–Crippen LogP) is 5.93. The zero-order valence-corrected chi connectivity index (χ0v) is 30.4. The Balaban J connectivity index is 3.81. The van der Waals surface area contributed by atoms with Crippen LogP contribution in [-0.2, 0) is 37.9 Å². The number of hydrazone groups is 1. The second-order valence-electron chi connectivity index (χ2n) is 12.3. The van der Waals surface area contributed by atoms with Crippen molar-refractivity contribution in [2.24, 2.45) is 5.10 Å². The van der Waals surface area contributed by atoms with Crippen LogP contribution in [0.1, 0.15) is 66.9 Å². The van der Waals surface area contributed by atoms with Crippen LogP contribution in [0.25, 0.3) is 0 Å². The lowest BCUT2D eigenvalue weighted by atomic mass is 9.90. The van der Waals surface area contributed by atoms with Crippen molar-refractivity contribution in [3.63, 3.8) is 0 Å². The topological polar surface area (TPSA) is 130 Å². The molecule has 2 atom stereocenters. The molecule has 0 fully saturated rings. The summed E-state index contributed by atoms with van der Waals surface area (Å²) >= 11 is 0. The van der Waals surface area contributed by atoms with Crippen LogP contribution in [0.2, 0.25) is 36.3 Å². The van der Waals surface area contributed by atoms with Crippen molar-refractivity contribution in [1.29, 1.82) is 0 Å². The molecule has 0 amide bonds. The third-order valence-electron chi connectivity index (χ3n) is 8.41. The van der Waals surface area contributed by atoms with Crippen molar-refractivity contribution in [3.05, 3.63) is 29.8 Å². The van der Waals surface area contributed by atoms with Gasteiger partial charge in [0.15, 0.2) is 22.3 Å². The highest BCUT2D eigenvalue weighted by atomic mass is 32.2. The summed E-state index contributed by atoms with van der Waals surface area (Å²) in [7, 11) is -6.69. The van der Waals surface area contributed by atoms with Gasteiger partial charge in [-0.15, -0.1) is 0 Å². The smallest absolute Gasteiger partial charge is 0.357 e. The number of esters is 2. The number of hydrogen-bond acceptors (Lipinski definition) is 9. The number of methoxy groups -OCH3 is 2. The van der Waals surface area contributed by atoms with E-state index in [0.717, 1.165) is 30.8 Å². The standard InChI is InChI=1S/C29H52N2O8SSi2/c1-13-42(14-2,15-3)38-23(5)20-21-29(27(33)37-10,39-41(11,12)28(6,7)8)25(26(32)36-9)30-31-40(34,35)24-18-16-22(4)17-19-24/h16-19,23,31H,13-15,20-21H2,1-12H3/b30-25+. The van der Waals surface area contributed by atoms with Gasteiger partial charge in [0.25, 0.3) is 10.0 Å². The van der Waals surface area contributed by atoms with E-state index in [-0.39, 0.29) is 22.5 Å². The van der Waals surface area contributed by atoms with E-state index in [1.165, 1.54) is 19.2 Å². The van der Waals surface area contributed by atoms with Gasteiger partial charge in [-0.1, -0.05) is 59.2 Å². The van der Waals surface area contributed by atoms with Gasteiger partial charge >= 0.3 is 11.9 Å². The molecule has 0 bridgehead atoms. The number of ether oxygens (including phenoxy) is 2. The Hall–Kier alpha value is -2.07. The van der Waals surface area contributed by atoms with Gasteiger partial charge in [-0.25, -0.2) is 9.59 Å². The number of benzene rings is 1. The van der Waals surface area contributed by atoms with Crippen molar-refractivity contribution in [2.75, 3.05) is 14.2 Å². The first-order valence-corrected chi connectivity index (χ1v) is 21.4. The fourth-order valence-electron chi connectivity index (χ4n) is 4.38. The van der Waals surface area contributed by atoms with E-state index >= 15 is 0 Å². The first-order valence-electron chi connectivity index (χ1n) is 14.5. The highest BCUT2D eigenvalue weighted by molar-refractivity contribution is 7.89. The number of carbonyl (C=O) groups is 2. The Morgan fingerprint density at radius 3 is 1.93 bits per heavy atom. The molecule has 0 aromatic heterocycles. The summed E-state index contributed by atoms with van der Waals surface area (Å²) in [6.07, 6.45) is 0.000623. The second-order valence-corrected chi connectivity index (χ2v) is 23.4. The van der Waals surface area contributed by atoms with Gasteiger partial charge in [0.05, 0.1) is 19.1 Å². The molecule has 42 heavy (non-hydrogen) atoms. The molecular formula is C29H52N2O8SSi2. The molecule has 0 saturated heterocycles. The summed E-state index contributed by atoms with van der Waals surface area (Å²) in [4.78, 5) is 29.2. The van der Waals surface area contributed by atoms with Crippen LogP contribution in [0.4, 0.5) is 0 Å². The maximum Gasteiger partial charge on any atom is 0.357 e. The molecule has 0 radical (unpaired) electrons. The van der Waals surface area contributed by atoms with E-state index in [1.54, 1.807) is 12.1 Å². The first kappa shape index (κ1) is 38.0. The highest BCUT2D eigenvalue weighted by Gasteiger charge is 2.55. The number of carbonyl (C=O) groups excluding carboxylic acids is 2. The van der Waals surface area contributed by atoms with Crippen LogP contribution in [0.15, 0.2) is 34.3 Å². The molecule has 0 spiro atoms. The molecule has 1 rings (SSSR count). The third kappa shape index (κ3) is 9.22. The molecule has 2 unspecified atom stereocenters. The summed E-state index contributed by atoms with van der Waals surface area (Å²) < 4.78 is 49.9. The minimum atomic E-state index is -4.20. The molecule has 0 heterocycles. The van der Waals surface area contributed by atoms with E-state index in [9.17, 15) is 18.0 Å². The lowest BCUT2D eigenvalue weighted by Crippen LogP contribution is -2.61. The van der Waals surface area contributed by atoms with Crippen molar-refractivity contribution >= 4 is 44.3 Å². The average molecular weight is 645 g/mol. The normalized spacial score (nSPS) is 15.5. The number of rotatable bonds is 16. The lowest BCUT2D eigenvalue weighted by molar-refractivity contribution is -0.156. The van der Waals surface area contributed by atoms with Crippen LogP contribution >= 0.6 is 0 Å². The van der Waals surface area contributed by atoms with E-state index in [4.69, 9.17) is 18.3 Å². The van der Waals surface area contributed by atoms with E-state index in [0.29, 0.717) is 6.42 Å². The van der Waals surface area contributed by atoms with Gasteiger partial charge in [0.1, 0.15) is 0 Å². The van der Waals surface area contributed by atoms with Gasteiger partial charge in [-0.05, 0) is 75.1 Å². The number of nitrogens with zero attached hydrogens (tertiary/aromatic N) is 1. The second kappa shape index (κ2) is 15.1. The maximum absolute atomic E-state index is 13.8. The average Bonchev–Trinajstić information content (AvgIpc) is 2.93. The molecule has 10 nitrogen and oxygen atoms in total. The first-order chi connectivity index (χ1) is 19.3. The molecular weight excluding hydrogens is 593 g/mol. The van der Waals surface area contributed by atoms with Crippen molar-refractivity contribution in [1.82, 2.24) is 4.83 Å². The molecule has 0 saturated carbocycles. The zero-order chi connectivity index (χ0) is 32.6. The largest absolute Gasteiger partial charge is 0.467 e. The monoisotopic (exact) mass is 644 g/mol. The molecule has 0 aliphatic rings. The van der Waals surface area contributed by atoms with Crippen molar-refractivity contribution < 1.29 is 36.3 Å². The molecule has 0 aliphatic carbocycles.